The molecule has 0 radical (unpaired) electrons. The van der Waals surface area contributed by atoms with Crippen molar-refractivity contribution in [2.24, 2.45) is 5.73 Å². The fraction of sp³-hybridized carbons (Fsp3) is 0.909. The molecule has 0 aromatic carbocycles. The van der Waals surface area contributed by atoms with Crippen LogP contribution in [0.5, 0.6) is 0 Å². The molecule has 5 heteroatoms. The van der Waals surface area contributed by atoms with Gasteiger partial charge in [-0.05, 0) is 13.8 Å². The van der Waals surface area contributed by atoms with E-state index in [1.807, 2.05) is 0 Å². The van der Waals surface area contributed by atoms with Gasteiger partial charge in [0.1, 0.15) is 0 Å². The van der Waals surface area contributed by atoms with Crippen molar-refractivity contribution < 1.29 is 4.74 Å². The molecular weight excluding hydrogens is 222 g/mol. The molecule has 1 saturated heterocycles. The second kappa shape index (κ2) is 6.49. The third-order valence-electron chi connectivity index (χ3n) is 3.28. The van der Waals surface area contributed by atoms with Crippen molar-refractivity contribution in [3.05, 3.63) is 0 Å². The van der Waals surface area contributed by atoms with Gasteiger partial charge in [-0.25, -0.2) is 0 Å². The van der Waals surface area contributed by atoms with Gasteiger partial charge in [-0.15, -0.1) is 0 Å². The van der Waals surface area contributed by atoms with Gasteiger partial charge in [0.15, 0.2) is 0 Å². The molecule has 0 spiro atoms. The van der Waals surface area contributed by atoms with Gasteiger partial charge in [0, 0.05) is 39.8 Å². The summed E-state index contributed by atoms with van der Waals surface area (Å²) < 4.78 is 5.27. The quantitative estimate of drug-likeness (QED) is 0.706. The molecule has 1 aliphatic rings. The van der Waals surface area contributed by atoms with Crippen LogP contribution in [0.25, 0.3) is 0 Å². The van der Waals surface area contributed by atoms with E-state index in [1.165, 1.54) is 0 Å². The van der Waals surface area contributed by atoms with Crippen molar-refractivity contribution in [2.75, 3.05) is 39.8 Å². The number of rotatable bonds is 5. The first-order valence-electron chi connectivity index (χ1n) is 5.83. The fourth-order valence-corrected chi connectivity index (χ4v) is 2.10. The van der Waals surface area contributed by atoms with E-state index in [1.54, 1.807) is 7.11 Å². The van der Waals surface area contributed by atoms with Crippen LogP contribution in [0.4, 0.5) is 0 Å². The normalized spacial score (nSPS) is 22.9. The van der Waals surface area contributed by atoms with Gasteiger partial charge in [-0.2, -0.15) is 0 Å². The average Bonchev–Trinajstić information content (AvgIpc) is 2.28. The summed E-state index contributed by atoms with van der Waals surface area (Å²) in [7, 11) is 1.76. The third-order valence-corrected chi connectivity index (χ3v) is 3.63. The Balaban J connectivity index is 2.31. The molecule has 0 aromatic rings. The number of hydrogen-bond acceptors (Lipinski definition) is 4. The molecule has 1 heterocycles. The second-order valence-electron chi connectivity index (χ2n) is 4.46. The minimum Gasteiger partial charge on any atom is -0.392 e. The summed E-state index contributed by atoms with van der Waals surface area (Å²) in [6, 6.07) is 0.219. The molecule has 1 rings (SSSR count). The Hall–Kier alpha value is -0.230. The Morgan fingerprint density at radius 3 is 2.31 bits per heavy atom. The molecule has 2 N–H and O–H groups in total. The minimum absolute atomic E-state index is 0.219. The minimum atomic E-state index is 0.219. The van der Waals surface area contributed by atoms with Crippen molar-refractivity contribution in [3.63, 3.8) is 0 Å². The molecule has 94 valence electrons. The molecule has 1 aliphatic heterocycles. The van der Waals surface area contributed by atoms with Gasteiger partial charge in [-0.1, -0.05) is 12.2 Å². The maximum atomic E-state index is 5.66. The number of nitrogens with zero attached hydrogens (tertiary/aromatic N) is 2. The van der Waals surface area contributed by atoms with E-state index in [-0.39, 0.29) is 6.04 Å². The van der Waals surface area contributed by atoms with Crippen molar-refractivity contribution in [1.82, 2.24) is 9.80 Å². The van der Waals surface area contributed by atoms with Crippen LogP contribution in [0.3, 0.4) is 0 Å². The summed E-state index contributed by atoms with van der Waals surface area (Å²) in [6.45, 7) is 9.40. The smallest absolute Gasteiger partial charge is 0.0899 e. The Kier molecular flexibility index (Phi) is 5.61. The lowest BCUT2D eigenvalue weighted by Gasteiger charge is -2.38. The van der Waals surface area contributed by atoms with Crippen LogP contribution in [-0.4, -0.2) is 66.8 Å². The van der Waals surface area contributed by atoms with Crippen LogP contribution in [0.15, 0.2) is 0 Å². The molecule has 0 amide bonds. The Labute approximate surface area is 104 Å². The van der Waals surface area contributed by atoms with Gasteiger partial charge in [0.05, 0.1) is 17.1 Å². The van der Waals surface area contributed by atoms with Crippen LogP contribution in [-0.2, 0) is 4.74 Å². The van der Waals surface area contributed by atoms with E-state index in [0.29, 0.717) is 11.1 Å². The molecular formula is C11H23N3OS. The predicted molar refractivity (Wildman–Crippen MR) is 70.7 cm³/mol. The Bertz CT molecular complexity index is 229. The van der Waals surface area contributed by atoms with E-state index >= 15 is 0 Å². The molecule has 4 nitrogen and oxygen atoms in total. The monoisotopic (exact) mass is 245 g/mol. The largest absolute Gasteiger partial charge is 0.392 e. The van der Waals surface area contributed by atoms with Gasteiger partial charge in [0.2, 0.25) is 0 Å². The number of ether oxygens (including phenoxy) is 1. The van der Waals surface area contributed by atoms with Crippen molar-refractivity contribution in [2.45, 2.75) is 26.0 Å². The molecule has 1 fully saturated rings. The molecule has 0 bridgehead atoms. The summed E-state index contributed by atoms with van der Waals surface area (Å²) >= 11 is 5.02. The summed E-state index contributed by atoms with van der Waals surface area (Å²) in [5.41, 5.74) is 5.66. The number of piperazine rings is 1. The topological polar surface area (TPSA) is 41.7 Å². The van der Waals surface area contributed by atoms with Gasteiger partial charge in [0.25, 0.3) is 0 Å². The van der Waals surface area contributed by atoms with Crippen LogP contribution < -0.4 is 5.73 Å². The van der Waals surface area contributed by atoms with Gasteiger partial charge in [-0.3, -0.25) is 9.80 Å². The predicted octanol–water partition coefficient (Wildman–Crippen LogP) is 0.314. The molecule has 0 aliphatic carbocycles. The van der Waals surface area contributed by atoms with Gasteiger partial charge < -0.3 is 10.5 Å². The lowest BCUT2D eigenvalue weighted by Crippen LogP contribution is -2.53. The first kappa shape index (κ1) is 13.8. The third kappa shape index (κ3) is 3.97. The summed E-state index contributed by atoms with van der Waals surface area (Å²) in [4.78, 5) is 5.37. The lowest BCUT2D eigenvalue weighted by atomic mass is 10.2. The number of methoxy groups -OCH3 is 1. The zero-order valence-corrected chi connectivity index (χ0v) is 11.3. The van der Waals surface area contributed by atoms with E-state index in [4.69, 9.17) is 22.7 Å². The maximum Gasteiger partial charge on any atom is 0.0899 e. The van der Waals surface area contributed by atoms with E-state index in [0.717, 1.165) is 32.7 Å². The maximum absolute atomic E-state index is 5.66. The van der Waals surface area contributed by atoms with Crippen molar-refractivity contribution in [1.29, 1.82) is 0 Å². The number of hydrogen-bond donors (Lipinski definition) is 1. The van der Waals surface area contributed by atoms with E-state index < -0.39 is 0 Å². The Morgan fingerprint density at radius 1 is 1.31 bits per heavy atom. The zero-order chi connectivity index (χ0) is 12.1. The summed E-state index contributed by atoms with van der Waals surface area (Å²) in [5.74, 6) is 0. The molecule has 2 unspecified atom stereocenters. The van der Waals surface area contributed by atoms with Crippen LogP contribution in [0.1, 0.15) is 13.8 Å². The highest BCUT2D eigenvalue weighted by Crippen LogP contribution is 2.07. The number of thiocarbonyl (C=S) groups is 1. The highest BCUT2D eigenvalue weighted by Gasteiger charge is 2.22. The zero-order valence-electron chi connectivity index (χ0n) is 10.5. The van der Waals surface area contributed by atoms with Crippen LogP contribution >= 0.6 is 12.2 Å². The molecule has 16 heavy (non-hydrogen) atoms. The molecule has 2 atom stereocenters. The lowest BCUT2D eigenvalue weighted by molar-refractivity contribution is 0.0499. The molecule has 0 saturated carbocycles. The van der Waals surface area contributed by atoms with Crippen LogP contribution in [0, 0.1) is 0 Å². The van der Waals surface area contributed by atoms with E-state index in [9.17, 15) is 0 Å². The van der Waals surface area contributed by atoms with Gasteiger partial charge >= 0.3 is 0 Å². The average molecular weight is 245 g/mol. The summed E-state index contributed by atoms with van der Waals surface area (Å²) in [5, 5.41) is 0. The Morgan fingerprint density at radius 2 is 1.88 bits per heavy atom. The first-order chi connectivity index (χ1) is 7.54. The van der Waals surface area contributed by atoms with E-state index in [2.05, 4.69) is 23.6 Å². The number of nitrogens with two attached hydrogens (primary N) is 1. The highest BCUT2D eigenvalue weighted by molar-refractivity contribution is 7.80. The highest BCUT2D eigenvalue weighted by atomic mass is 32.1. The fourth-order valence-electron chi connectivity index (χ4n) is 1.95. The van der Waals surface area contributed by atoms with Crippen LogP contribution in [0.2, 0.25) is 0 Å². The van der Waals surface area contributed by atoms with Crippen molar-refractivity contribution >= 4 is 17.2 Å². The standard InChI is InChI=1S/C11H23N3OS/c1-9(15-3)8-13-4-6-14(7-5-13)10(2)11(12)16/h9-10H,4-8H2,1-3H3,(H2,12,16). The molecule has 0 aromatic heterocycles. The van der Waals surface area contributed by atoms with Crippen molar-refractivity contribution in [3.8, 4) is 0 Å². The summed E-state index contributed by atoms with van der Waals surface area (Å²) in [6.07, 6.45) is 0.305. The SMILES string of the molecule is COC(C)CN1CCN(C(C)C(N)=S)CC1. The second-order valence-corrected chi connectivity index (χ2v) is 4.93. The first-order valence-corrected chi connectivity index (χ1v) is 6.24.